The van der Waals surface area contributed by atoms with E-state index in [0.29, 0.717) is 18.5 Å². The predicted octanol–water partition coefficient (Wildman–Crippen LogP) is 1.23. The number of non-ortho nitro benzene ring substituents is 1. The van der Waals surface area contributed by atoms with Crippen LogP contribution >= 0.6 is 0 Å². The molecule has 1 aromatic carbocycles. The molecule has 0 radical (unpaired) electrons. The summed E-state index contributed by atoms with van der Waals surface area (Å²) in [5.41, 5.74) is 0.685. The minimum Gasteiger partial charge on any atom is -0.479 e. The molecule has 1 aliphatic heterocycles. The summed E-state index contributed by atoms with van der Waals surface area (Å²) < 4.78 is 5.26. The number of morpholine rings is 1. The summed E-state index contributed by atoms with van der Waals surface area (Å²) in [6.45, 7) is 2.08. The van der Waals surface area contributed by atoms with Gasteiger partial charge in [0.1, 0.15) is 0 Å². The Balaban J connectivity index is 1.95. The number of nitro benzene ring substituents is 1. The summed E-state index contributed by atoms with van der Waals surface area (Å²) in [7, 11) is 0. The Morgan fingerprint density at radius 1 is 1.43 bits per heavy atom. The molecule has 0 aliphatic carbocycles. The van der Waals surface area contributed by atoms with Gasteiger partial charge in [-0.05, 0) is 18.9 Å². The number of carbonyl (C=O) groups excluding carboxylic acids is 1. The number of nitro groups is 1. The Bertz CT molecular complexity index is 618. The van der Waals surface area contributed by atoms with Crippen LogP contribution in [0.1, 0.15) is 18.9 Å². The van der Waals surface area contributed by atoms with Crippen molar-refractivity contribution < 1.29 is 24.4 Å². The first-order chi connectivity index (χ1) is 10.9. The lowest BCUT2D eigenvalue weighted by Gasteiger charge is -2.35. The lowest BCUT2D eigenvalue weighted by molar-refractivity contribution is -0.384. The van der Waals surface area contributed by atoms with E-state index in [1.807, 2.05) is 0 Å². The standard InChI is InChI=1S/C15H18N2O6/c1-10-8-16(9-13(23-10)15(19)20)14(18)6-5-11-3-2-4-12(7-11)17(21)22/h2-4,7,10,13H,5-6,8-9H2,1H3,(H,19,20)/t10-,13?/m1/s1. The molecule has 1 unspecified atom stereocenters. The number of hydrogen-bond acceptors (Lipinski definition) is 5. The number of benzene rings is 1. The van der Waals surface area contributed by atoms with E-state index in [-0.39, 0.29) is 30.7 Å². The van der Waals surface area contributed by atoms with Gasteiger partial charge < -0.3 is 14.7 Å². The summed E-state index contributed by atoms with van der Waals surface area (Å²) in [6.07, 6.45) is -0.823. The van der Waals surface area contributed by atoms with Gasteiger partial charge in [0.05, 0.1) is 17.6 Å². The van der Waals surface area contributed by atoms with Gasteiger partial charge in [-0.15, -0.1) is 0 Å². The lowest BCUT2D eigenvalue weighted by atomic mass is 10.1. The van der Waals surface area contributed by atoms with E-state index in [9.17, 15) is 19.7 Å². The smallest absolute Gasteiger partial charge is 0.334 e. The van der Waals surface area contributed by atoms with Crippen LogP contribution in [0.15, 0.2) is 24.3 Å². The summed E-state index contributed by atoms with van der Waals surface area (Å²) >= 11 is 0. The van der Waals surface area contributed by atoms with Gasteiger partial charge in [0.15, 0.2) is 6.10 Å². The fraction of sp³-hybridized carbons (Fsp3) is 0.467. The van der Waals surface area contributed by atoms with Crippen molar-refractivity contribution in [1.82, 2.24) is 4.90 Å². The second-order valence-electron chi connectivity index (χ2n) is 5.50. The van der Waals surface area contributed by atoms with Gasteiger partial charge in [-0.1, -0.05) is 12.1 Å². The third-order valence-electron chi connectivity index (χ3n) is 3.64. The van der Waals surface area contributed by atoms with Gasteiger partial charge in [-0.2, -0.15) is 0 Å². The van der Waals surface area contributed by atoms with Crippen molar-refractivity contribution in [2.75, 3.05) is 13.1 Å². The molecule has 8 heteroatoms. The maximum absolute atomic E-state index is 12.2. The largest absolute Gasteiger partial charge is 0.479 e. The Hall–Kier alpha value is -2.48. The first-order valence-corrected chi connectivity index (χ1v) is 7.26. The van der Waals surface area contributed by atoms with Gasteiger partial charge in [0.25, 0.3) is 5.69 Å². The number of amides is 1. The number of hydrogen-bond donors (Lipinski definition) is 1. The number of carboxylic acid groups (broad SMARTS) is 1. The SMILES string of the molecule is C[C@@H]1CN(C(=O)CCc2cccc([N+](=O)[O-])c2)CC(C(=O)O)O1. The van der Waals surface area contributed by atoms with Crippen LogP contribution in [0.25, 0.3) is 0 Å². The van der Waals surface area contributed by atoms with Gasteiger partial charge in [-0.25, -0.2) is 4.79 Å². The Morgan fingerprint density at radius 2 is 2.17 bits per heavy atom. The van der Waals surface area contributed by atoms with Crippen LogP contribution in [0.4, 0.5) is 5.69 Å². The molecule has 1 aliphatic rings. The zero-order chi connectivity index (χ0) is 17.0. The van der Waals surface area contributed by atoms with E-state index in [4.69, 9.17) is 9.84 Å². The fourth-order valence-electron chi connectivity index (χ4n) is 2.53. The van der Waals surface area contributed by atoms with Gasteiger partial charge in [0, 0.05) is 25.1 Å². The maximum Gasteiger partial charge on any atom is 0.334 e. The number of rotatable bonds is 5. The van der Waals surface area contributed by atoms with Crippen molar-refractivity contribution in [3.63, 3.8) is 0 Å². The zero-order valence-electron chi connectivity index (χ0n) is 12.7. The topological polar surface area (TPSA) is 110 Å². The molecule has 1 aromatic rings. The molecule has 124 valence electrons. The maximum atomic E-state index is 12.2. The monoisotopic (exact) mass is 322 g/mol. The molecule has 2 rings (SSSR count). The quantitative estimate of drug-likeness (QED) is 0.645. The third-order valence-corrected chi connectivity index (χ3v) is 3.64. The molecule has 0 saturated carbocycles. The molecule has 1 fully saturated rings. The summed E-state index contributed by atoms with van der Waals surface area (Å²) in [5, 5.41) is 19.8. The molecule has 2 atom stereocenters. The minimum absolute atomic E-state index is 0.0131. The molecule has 1 saturated heterocycles. The van der Waals surface area contributed by atoms with Crippen molar-refractivity contribution in [3.8, 4) is 0 Å². The van der Waals surface area contributed by atoms with Crippen molar-refractivity contribution in [3.05, 3.63) is 39.9 Å². The summed E-state index contributed by atoms with van der Waals surface area (Å²) in [5.74, 6) is -1.27. The summed E-state index contributed by atoms with van der Waals surface area (Å²) in [4.78, 5) is 35.0. The fourth-order valence-corrected chi connectivity index (χ4v) is 2.53. The average Bonchev–Trinajstić information content (AvgIpc) is 2.52. The Kier molecular flexibility index (Phi) is 5.28. The van der Waals surface area contributed by atoms with E-state index in [1.165, 1.54) is 17.0 Å². The molecular formula is C15H18N2O6. The summed E-state index contributed by atoms with van der Waals surface area (Å²) in [6, 6.07) is 6.14. The number of ether oxygens (including phenoxy) is 1. The van der Waals surface area contributed by atoms with Gasteiger partial charge >= 0.3 is 5.97 Å². The van der Waals surface area contributed by atoms with Crippen LogP contribution in [-0.2, 0) is 20.7 Å². The van der Waals surface area contributed by atoms with Gasteiger partial charge in [0.2, 0.25) is 5.91 Å². The van der Waals surface area contributed by atoms with Crippen LogP contribution in [-0.4, -0.2) is 52.1 Å². The highest BCUT2D eigenvalue weighted by Crippen LogP contribution is 2.16. The van der Waals surface area contributed by atoms with Crippen LogP contribution < -0.4 is 0 Å². The highest BCUT2D eigenvalue weighted by Gasteiger charge is 2.32. The second kappa shape index (κ2) is 7.19. The molecule has 8 nitrogen and oxygen atoms in total. The molecule has 0 bridgehead atoms. The number of carboxylic acids is 1. The number of carbonyl (C=O) groups is 2. The molecular weight excluding hydrogens is 304 g/mol. The predicted molar refractivity (Wildman–Crippen MR) is 80.0 cm³/mol. The van der Waals surface area contributed by atoms with Crippen LogP contribution in [0.2, 0.25) is 0 Å². The molecule has 1 heterocycles. The van der Waals surface area contributed by atoms with E-state index in [1.54, 1.807) is 19.1 Å². The molecule has 0 spiro atoms. The third kappa shape index (κ3) is 4.49. The van der Waals surface area contributed by atoms with Crippen LogP contribution in [0.5, 0.6) is 0 Å². The van der Waals surface area contributed by atoms with Gasteiger partial charge in [-0.3, -0.25) is 14.9 Å². The molecule has 1 amide bonds. The number of nitrogens with zero attached hydrogens (tertiary/aromatic N) is 2. The zero-order valence-corrected chi connectivity index (χ0v) is 12.7. The van der Waals surface area contributed by atoms with Crippen molar-refractivity contribution in [2.45, 2.75) is 32.0 Å². The molecule has 0 aromatic heterocycles. The van der Waals surface area contributed by atoms with E-state index in [2.05, 4.69) is 0 Å². The first kappa shape index (κ1) is 16.9. The van der Waals surface area contributed by atoms with Crippen LogP contribution in [0, 0.1) is 10.1 Å². The number of aliphatic carboxylic acids is 1. The van der Waals surface area contributed by atoms with Crippen molar-refractivity contribution in [1.29, 1.82) is 0 Å². The Labute approximate surface area is 132 Å². The lowest BCUT2D eigenvalue weighted by Crippen LogP contribution is -2.51. The van der Waals surface area contributed by atoms with Crippen molar-refractivity contribution >= 4 is 17.6 Å². The first-order valence-electron chi connectivity index (χ1n) is 7.26. The van der Waals surface area contributed by atoms with E-state index < -0.39 is 17.0 Å². The highest BCUT2D eigenvalue weighted by atomic mass is 16.6. The van der Waals surface area contributed by atoms with E-state index >= 15 is 0 Å². The second-order valence-corrected chi connectivity index (χ2v) is 5.50. The van der Waals surface area contributed by atoms with Crippen LogP contribution in [0.3, 0.4) is 0 Å². The van der Waals surface area contributed by atoms with E-state index in [0.717, 1.165) is 0 Å². The number of aryl methyl sites for hydroxylation is 1. The highest BCUT2D eigenvalue weighted by molar-refractivity contribution is 5.79. The van der Waals surface area contributed by atoms with Crippen molar-refractivity contribution in [2.24, 2.45) is 0 Å². The molecule has 23 heavy (non-hydrogen) atoms. The average molecular weight is 322 g/mol. The Morgan fingerprint density at radius 3 is 2.83 bits per heavy atom. The minimum atomic E-state index is -1.09. The normalized spacial score (nSPS) is 21.0. The molecule has 1 N–H and O–H groups in total.